The molecule has 0 saturated carbocycles. The van der Waals surface area contributed by atoms with Gasteiger partial charge >= 0.3 is 0 Å². The fraction of sp³-hybridized carbons (Fsp3) is 0.200. The highest BCUT2D eigenvalue weighted by molar-refractivity contribution is 6.45. The normalized spacial score (nSPS) is 16.7. The van der Waals surface area contributed by atoms with Gasteiger partial charge in [0.1, 0.15) is 16.7 Å². The predicted molar refractivity (Wildman–Crippen MR) is 113 cm³/mol. The third-order valence-electron chi connectivity index (χ3n) is 4.70. The van der Waals surface area contributed by atoms with Gasteiger partial charge in [0, 0.05) is 19.3 Å². The van der Waals surface area contributed by atoms with Crippen LogP contribution in [0.25, 0.3) is 5.57 Å². The minimum Gasteiger partial charge on any atom is -0.353 e. The zero-order valence-electron chi connectivity index (χ0n) is 15.6. The molecule has 0 radical (unpaired) electrons. The summed E-state index contributed by atoms with van der Waals surface area (Å²) in [6.07, 6.45) is 3.24. The molecule has 30 heavy (non-hydrogen) atoms. The number of amides is 2. The number of hydrogen-bond acceptors (Lipinski definition) is 5. The Morgan fingerprint density at radius 3 is 2.73 bits per heavy atom. The summed E-state index contributed by atoms with van der Waals surface area (Å²) in [5.74, 6) is -1.15. The van der Waals surface area contributed by atoms with E-state index < -0.39 is 5.82 Å². The van der Waals surface area contributed by atoms with E-state index in [-0.39, 0.29) is 29.1 Å². The first kappa shape index (κ1) is 20.3. The highest BCUT2D eigenvalue weighted by Gasteiger charge is 2.28. The molecular formula is C20H16Cl2FN5O2. The summed E-state index contributed by atoms with van der Waals surface area (Å²) in [5, 5.41) is 8.95. The van der Waals surface area contributed by atoms with E-state index in [1.54, 1.807) is 29.4 Å². The van der Waals surface area contributed by atoms with Gasteiger partial charge in [0.2, 0.25) is 5.91 Å². The molecule has 0 aliphatic carbocycles. The molecule has 2 aliphatic heterocycles. The lowest BCUT2D eigenvalue weighted by molar-refractivity contribution is -0.133. The van der Waals surface area contributed by atoms with Crippen LogP contribution in [-0.4, -0.2) is 53.6 Å². The summed E-state index contributed by atoms with van der Waals surface area (Å²) in [7, 11) is 0. The van der Waals surface area contributed by atoms with Crippen molar-refractivity contribution in [3.8, 4) is 0 Å². The number of piperazine rings is 1. The van der Waals surface area contributed by atoms with Crippen LogP contribution in [0.5, 0.6) is 0 Å². The van der Waals surface area contributed by atoms with Gasteiger partial charge in [-0.2, -0.15) is 5.10 Å². The Morgan fingerprint density at radius 1 is 1.17 bits per heavy atom. The SMILES string of the molecule is O=C1CN(C(=O)C2=NN(c3ccc(F)c(Cl)c3)CC(c3ccnc(Cl)c3)=C2)CCN1. The first-order chi connectivity index (χ1) is 14.4. The van der Waals surface area contributed by atoms with Crippen molar-refractivity contribution in [2.45, 2.75) is 0 Å². The molecule has 1 aromatic heterocycles. The molecule has 1 aromatic carbocycles. The average molecular weight is 448 g/mol. The van der Waals surface area contributed by atoms with E-state index in [0.717, 1.165) is 11.1 Å². The molecule has 4 rings (SSSR count). The number of nitrogens with one attached hydrogen (secondary N) is 1. The second kappa shape index (κ2) is 8.41. The Kier molecular flexibility index (Phi) is 5.69. The van der Waals surface area contributed by atoms with Crippen LogP contribution < -0.4 is 10.3 Å². The lowest BCUT2D eigenvalue weighted by Crippen LogP contribution is -2.52. The predicted octanol–water partition coefficient (Wildman–Crippen LogP) is 2.75. The summed E-state index contributed by atoms with van der Waals surface area (Å²) in [6.45, 7) is 1.03. The molecule has 154 valence electrons. The Labute approximate surface area is 181 Å². The number of rotatable bonds is 3. The standard InChI is InChI=1S/C20H16Cl2FN5O2/c21-15-9-14(1-2-16(15)23)28-10-13(12-3-4-24-18(22)8-12)7-17(26-28)20(30)27-6-5-25-19(29)11-27/h1-4,7-9H,5-6,10-11H2,(H,25,29). The number of carbonyl (C=O) groups excluding carboxylic acids is 2. The number of anilines is 1. The Hall–Kier alpha value is -2.97. The fourth-order valence-electron chi connectivity index (χ4n) is 3.22. The summed E-state index contributed by atoms with van der Waals surface area (Å²) >= 11 is 12.0. The molecule has 0 unspecified atom stereocenters. The van der Waals surface area contributed by atoms with E-state index in [1.165, 1.54) is 23.1 Å². The molecule has 1 fully saturated rings. The lowest BCUT2D eigenvalue weighted by atomic mass is 10.0. The second-order valence-electron chi connectivity index (χ2n) is 6.75. The zero-order valence-corrected chi connectivity index (χ0v) is 17.1. The number of halogens is 3. The van der Waals surface area contributed by atoms with Crippen molar-refractivity contribution in [2.24, 2.45) is 5.10 Å². The van der Waals surface area contributed by atoms with Gasteiger partial charge in [-0.05, 0) is 47.5 Å². The van der Waals surface area contributed by atoms with Crippen molar-refractivity contribution >= 4 is 52.0 Å². The average Bonchev–Trinajstić information content (AvgIpc) is 2.75. The largest absolute Gasteiger partial charge is 0.353 e. The molecule has 2 amide bonds. The molecule has 3 heterocycles. The summed E-state index contributed by atoms with van der Waals surface area (Å²) in [4.78, 5) is 30.2. The van der Waals surface area contributed by atoms with Gasteiger partial charge in [-0.3, -0.25) is 14.6 Å². The van der Waals surface area contributed by atoms with Crippen molar-refractivity contribution < 1.29 is 14.0 Å². The number of carbonyl (C=O) groups is 2. The van der Waals surface area contributed by atoms with Crippen molar-refractivity contribution in [3.05, 3.63) is 64.2 Å². The van der Waals surface area contributed by atoms with Crippen LogP contribution in [-0.2, 0) is 9.59 Å². The Balaban J connectivity index is 1.73. The van der Waals surface area contributed by atoms with Gasteiger partial charge in [0.25, 0.3) is 5.91 Å². The molecule has 2 aliphatic rings. The Morgan fingerprint density at radius 2 is 2.00 bits per heavy atom. The topological polar surface area (TPSA) is 77.9 Å². The number of aromatic nitrogens is 1. The minimum atomic E-state index is -0.547. The molecule has 0 spiro atoms. The molecule has 1 saturated heterocycles. The molecule has 0 bridgehead atoms. The second-order valence-corrected chi connectivity index (χ2v) is 7.55. The van der Waals surface area contributed by atoms with Gasteiger partial charge in [-0.15, -0.1) is 0 Å². The molecule has 7 nitrogen and oxygen atoms in total. The highest BCUT2D eigenvalue weighted by atomic mass is 35.5. The van der Waals surface area contributed by atoms with Gasteiger partial charge in [0.15, 0.2) is 0 Å². The van der Waals surface area contributed by atoms with Crippen molar-refractivity contribution in [1.29, 1.82) is 0 Å². The van der Waals surface area contributed by atoms with Crippen LogP contribution in [0.1, 0.15) is 5.56 Å². The smallest absolute Gasteiger partial charge is 0.274 e. The number of benzene rings is 1. The highest BCUT2D eigenvalue weighted by Crippen LogP contribution is 2.28. The quantitative estimate of drug-likeness (QED) is 0.733. The summed E-state index contributed by atoms with van der Waals surface area (Å²) in [6, 6.07) is 7.67. The molecule has 10 heteroatoms. The number of hydrazone groups is 1. The first-order valence-electron chi connectivity index (χ1n) is 9.10. The van der Waals surface area contributed by atoms with Crippen LogP contribution >= 0.6 is 23.2 Å². The third kappa shape index (κ3) is 4.29. The van der Waals surface area contributed by atoms with E-state index in [4.69, 9.17) is 23.2 Å². The monoisotopic (exact) mass is 447 g/mol. The first-order valence-corrected chi connectivity index (χ1v) is 9.86. The van der Waals surface area contributed by atoms with Gasteiger partial charge in [0.05, 0.1) is 23.8 Å². The fourth-order valence-corrected chi connectivity index (χ4v) is 3.56. The van der Waals surface area contributed by atoms with Crippen LogP contribution in [0.3, 0.4) is 0 Å². The van der Waals surface area contributed by atoms with E-state index >= 15 is 0 Å². The van der Waals surface area contributed by atoms with E-state index in [0.29, 0.717) is 30.5 Å². The van der Waals surface area contributed by atoms with Crippen LogP contribution in [0.2, 0.25) is 10.2 Å². The number of hydrogen-bond donors (Lipinski definition) is 1. The maximum atomic E-state index is 13.6. The molecular weight excluding hydrogens is 432 g/mol. The van der Waals surface area contributed by atoms with Crippen molar-refractivity contribution in [2.75, 3.05) is 31.2 Å². The molecule has 2 aromatic rings. The summed E-state index contributed by atoms with van der Waals surface area (Å²) < 4.78 is 13.6. The van der Waals surface area contributed by atoms with Gasteiger partial charge < -0.3 is 10.2 Å². The van der Waals surface area contributed by atoms with Crippen molar-refractivity contribution in [1.82, 2.24) is 15.2 Å². The maximum absolute atomic E-state index is 13.6. The van der Waals surface area contributed by atoms with Crippen LogP contribution in [0.4, 0.5) is 10.1 Å². The zero-order chi connectivity index (χ0) is 21.3. The van der Waals surface area contributed by atoms with Gasteiger partial charge in [-0.25, -0.2) is 9.37 Å². The maximum Gasteiger partial charge on any atom is 0.274 e. The third-order valence-corrected chi connectivity index (χ3v) is 5.20. The lowest BCUT2D eigenvalue weighted by Gasteiger charge is -2.30. The van der Waals surface area contributed by atoms with E-state index in [1.807, 2.05) is 0 Å². The van der Waals surface area contributed by atoms with Gasteiger partial charge in [-0.1, -0.05) is 23.2 Å². The number of pyridine rings is 1. The van der Waals surface area contributed by atoms with E-state index in [9.17, 15) is 14.0 Å². The Bertz CT molecular complexity index is 1090. The van der Waals surface area contributed by atoms with Crippen LogP contribution in [0, 0.1) is 5.82 Å². The minimum absolute atomic E-state index is 0.0372. The summed E-state index contributed by atoms with van der Waals surface area (Å²) in [5.41, 5.74) is 2.21. The number of nitrogens with zero attached hydrogens (tertiary/aromatic N) is 4. The van der Waals surface area contributed by atoms with Crippen LogP contribution in [0.15, 0.2) is 47.7 Å². The van der Waals surface area contributed by atoms with E-state index in [2.05, 4.69) is 15.4 Å². The molecule has 1 N–H and O–H groups in total. The molecule has 0 atom stereocenters. The van der Waals surface area contributed by atoms with Crippen molar-refractivity contribution in [3.63, 3.8) is 0 Å².